The van der Waals surface area contributed by atoms with Crippen LogP contribution in [0, 0.1) is 0 Å². The molecule has 0 aromatic heterocycles. The van der Waals surface area contributed by atoms with E-state index in [-0.39, 0.29) is 0 Å². The van der Waals surface area contributed by atoms with Gasteiger partial charge in [0, 0.05) is 11.9 Å². The number of ether oxygens (including phenoxy) is 1. The van der Waals surface area contributed by atoms with Crippen molar-refractivity contribution in [2.24, 2.45) is 0 Å². The second-order valence-corrected chi connectivity index (χ2v) is 5.49. The van der Waals surface area contributed by atoms with Crippen LogP contribution in [0.3, 0.4) is 0 Å². The summed E-state index contributed by atoms with van der Waals surface area (Å²) in [6.07, 6.45) is 0. The zero-order chi connectivity index (χ0) is 15.8. The molecule has 0 aliphatic heterocycles. The lowest BCUT2D eigenvalue weighted by molar-refractivity contribution is -0.119. The number of amides is 3. The van der Waals surface area contributed by atoms with Crippen molar-refractivity contribution in [3.8, 4) is 0 Å². The van der Waals surface area contributed by atoms with Crippen molar-refractivity contribution in [2.75, 3.05) is 13.7 Å². The Morgan fingerprint density at radius 1 is 1.33 bits per heavy atom. The third-order valence-corrected chi connectivity index (χ3v) is 3.58. The van der Waals surface area contributed by atoms with Gasteiger partial charge in [-0.05, 0) is 32.0 Å². The quantitative estimate of drug-likeness (QED) is 0.640. The van der Waals surface area contributed by atoms with Crippen LogP contribution >= 0.6 is 11.8 Å². The molecule has 1 aromatic carbocycles. The first-order valence-corrected chi connectivity index (χ1v) is 7.32. The first-order chi connectivity index (χ1) is 9.97. The van der Waals surface area contributed by atoms with E-state index in [9.17, 15) is 14.4 Å². The molecule has 0 heterocycles. The average molecular weight is 310 g/mol. The number of carbonyl (C=O) groups excluding carboxylic acids is 3. The van der Waals surface area contributed by atoms with Crippen LogP contribution in [-0.2, 0) is 9.53 Å². The fraction of sp³-hybridized carbons (Fsp3) is 0.357. The molecule has 0 radical (unpaired) electrons. The highest BCUT2D eigenvalue weighted by Gasteiger charge is 2.17. The van der Waals surface area contributed by atoms with Crippen molar-refractivity contribution in [3.05, 3.63) is 29.8 Å². The highest BCUT2D eigenvalue weighted by Crippen LogP contribution is 2.24. The molecule has 0 fully saturated rings. The van der Waals surface area contributed by atoms with Gasteiger partial charge < -0.3 is 10.1 Å². The molecule has 0 spiro atoms. The molecule has 2 N–H and O–H groups in total. The van der Waals surface area contributed by atoms with Crippen molar-refractivity contribution in [1.29, 1.82) is 0 Å². The van der Waals surface area contributed by atoms with Crippen LogP contribution in [0.2, 0.25) is 0 Å². The number of thioether (sulfide) groups is 1. The fourth-order valence-corrected chi connectivity index (χ4v) is 2.37. The summed E-state index contributed by atoms with van der Waals surface area (Å²) in [5.74, 6) is -0.802. The zero-order valence-electron chi connectivity index (χ0n) is 12.1. The lowest BCUT2D eigenvalue weighted by Gasteiger charge is -2.11. The molecule has 1 atom stereocenters. The minimum atomic E-state index is -0.548. The fourth-order valence-electron chi connectivity index (χ4n) is 1.44. The normalized spacial score (nSPS) is 11.4. The van der Waals surface area contributed by atoms with Crippen LogP contribution in [0.25, 0.3) is 0 Å². The molecule has 6 nitrogen and oxygen atoms in total. The smallest absolute Gasteiger partial charge is 0.338 e. The van der Waals surface area contributed by atoms with Gasteiger partial charge in [0.15, 0.2) is 0 Å². The van der Waals surface area contributed by atoms with Crippen LogP contribution in [0.15, 0.2) is 29.2 Å². The van der Waals surface area contributed by atoms with Crippen molar-refractivity contribution in [3.63, 3.8) is 0 Å². The van der Waals surface area contributed by atoms with E-state index in [1.54, 1.807) is 38.1 Å². The molecule has 0 aliphatic carbocycles. The van der Waals surface area contributed by atoms with E-state index in [0.29, 0.717) is 12.2 Å². The van der Waals surface area contributed by atoms with E-state index in [1.165, 1.54) is 18.8 Å². The van der Waals surface area contributed by atoms with Crippen molar-refractivity contribution in [1.82, 2.24) is 10.6 Å². The van der Waals surface area contributed by atoms with E-state index < -0.39 is 23.2 Å². The maximum absolute atomic E-state index is 11.8. The predicted molar refractivity (Wildman–Crippen MR) is 80.3 cm³/mol. The zero-order valence-corrected chi connectivity index (χ0v) is 13.0. The number of rotatable bonds is 5. The molecule has 0 saturated heterocycles. The molecule has 0 aliphatic rings. The molecule has 0 saturated carbocycles. The Balaban J connectivity index is 2.70. The van der Waals surface area contributed by atoms with E-state index >= 15 is 0 Å². The summed E-state index contributed by atoms with van der Waals surface area (Å²) in [6.45, 7) is 3.73. The molecule has 7 heteroatoms. The van der Waals surface area contributed by atoms with Crippen molar-refractivity contribution < 1.29 is 19.1 Å². The van der Waals surface area contributed by atoms with Gasteiger partial charge in [0.2, 0.25) is 5.91 Å². The van der Waals surface area contributed by atoms with E-state index in [1.807, 2.05) is 0 Å². The maximum Gasteiger partial charge on any atom is 0.338 e. The monoisotopic (exact) mass is 310 g/mol. The predicted octanol–water partition coefficient (Wildman–Crippen LogP) is 1.80. The molecule has 1 aromatic rings. The summed E-state index contributed by atoms with van der Waals surface area (Å²) in [7, 11) is 1.43. The molecule has 0 bridgehead atoms. The Hall–Kier alpha value is -2.02. The first kappa shape index (κ1) is 17.0. The molecular formula is C14H18N2O4S. The SMILES string of the molecule is CCOC(=O)c1cccc(S[C@H](C)C(=O)NC(=O)NC)c1. The van der Waals surface area contributed by atoms with Crippen LogP contribution in [0.4, 0.5) is 4.79 Å². The maximum atomic E-state index is 11.8. The van der Waals surface area contributed by atoms with Crippen molar-refractivity contribution in [2.45, 2.75) is 24.0 Å². The Labute approximate surface area is 127 Å². The highest BCUT2D eigenvalue weighted by molar-refractivity contribution is 8.00. The Kier molecular flexibility index (Phi) is 6.74. The van der Waals surface area contributed by atoms with E-state index in [4.69, 9.17) is 4.74 Å². The second kappa shape index (κ2) is 8.31. The standard InChI is InChI=1S/C14H18N2O4S/c1-4-20-13(18)10-6-5-7-11(8-10)21-9(2)12(17)16-14(19)15-3/h5-9H,4H2,1-3H3,(H2,15,16,17,19)/t9-/m1/s1. The third kappa shape index (κ3) is 5.47. The molecule has 21 heavy (non-hydrogen) atoms. The van der Waals surface area contributed by atoms with Gasteiger partial charge in [0.05, 0.1) is 17.4 Å². The lowest BCUT2D eigenvalue weighted by Crippen LogP contribution is -2.41. The summed E-state index contributed by atoms with van der Waals surface area (Å²) < 4.78 is 4.92. The number of benzene rings is 1. The van der Waals surface area contributed by atoms with Crippen molar-refractivity contribution >= 4 is 29.7 Å². The van der Waals surface area contributed by atoms with Crippen LogP contribution in [0.5, 0.6) is 0 Å². The minimum Gasteiger partial charge on any atom is -0.462 e. The Bertz CT molecular complexity index is 533. The van der Waals surface area contributed by atoms with Gasteiger partial charge in [-0.25, -0.2) is 9.59 Å². The molecular weight excluding hydrogens is 292 g/mol. The highest BCUT2D eigenvalue weighted by atomic mass is 32.2. The summed E-state index contributed by atoms with van der Waals surface area (Å²) in [6, 6.07) is 6.27. The first-order valence-electron chi connectivity index (χ1n) is 6.44. The number of hydrogen-bond donors (Lipinski definition) is 2. The molecule has 114 valence electrons. The van der Waals surface area contributed by atoms with Gasteiger partial charge in [-0.1, -0.05) is 6.07 Å². The molecule has 1 rings (SSSR count). The van der Waals surface area contributed by atoms with Gasteiger partial charge in [-0.3, -0.25) is 10.1 Å². The van der Waals surface area contributed by atoms with Crippen LogP contribution in [-0.4, -0.2) is 36.8 Å². The number of hydrogen-bond acceptors (Lipinski definition) is 5. The number of urea groups is 1. The Morgan fingerprint density at radius 3 is 2.67 bits per heavy atom. The third-order valence-electron chi connectivity index (χ3n) is 2.49. The summed E-state index contributed by atoms with van der Waals surface area (Å²) in [5.41, 5.74) is 0.431. The minimum absolute atomic E-state index is 0.307. The van der Waals surface area contributed by atoms with Gasteiger partial charge in [0.1, 0.15) is 0 Å². The van der Waals surface area contributed by atoms with Gasteiger partial charge >= 0.3 is 12.0 Å². The number of nitrogens with one attached hydrogen (secondary N) is 2. The van der Waals surface area contributed by atoms with E-state index in [0.717, 1.165) is 4.90 Å². The summed E-state index contributed by atoms with van der Waals surface area (Å²) in [5, 5.41) is 4.04. The number of esters is 1. The molecule has 3 amide bonds. The van der Waals surface area contributed by atoms with Crippen LogP contribution < -0.4 is 10.6 Å². The lowest BCUT2D eigenvalue weighted by atomic mass is 10.2. The Morgan fingerprint density at radius 2 is 2.05 bits per heavy atom. The summed E-state index contributed by atoms with van der Waals surface area (Å²) in [4.78, 5) is 35.2. The molecule has 0 unspecified atom stereocenters. The number of carbonyl (C=O) groups is 3. The summed E-state index contributed by atoms with van der Waals surface area (Å²) >= 11 is 1.25. The van der Waals surface area contributed by atoms with Gasteiger partial charge in [0.25, 0.3) is 0 Å². The van der Waals surface area contributed by atoms with Crippen LogP contribution in [0.1, 0.15) is 24.2 Å². The topological polar surface area (TPSA) is 84.5 Å². The number of imide groups is 1. The second-order valence-electron chi connectivity index (χ2n) is 4.08. The van der Waals surface area contributed by atoms with Gasteiger partial charge in [-0.15, -0.1) is 11.8 Å². The van der Waals surface area contributed by atoms with E-state index in [2.05, 4.69) is 10.6 Å². The van der Waals surface area contributed by atoms with Gasteiger partial charge in [-0.2, -0.15) is 0 Å². The largest absolute Gasteiger partial charge is 0.462 e. The average Bonchev–Trinajstić information content (AvgIpc) is 2.47.